The summed E-state index contributed by atoms with van der Waals surface area (Å²) in [4.78, 5) is 31.4. The normalized spacial score (nSPS) is 22.8. The van der Waals surface area contributed by atoms with Crippen LogP contribution in [0.4, 0.5) is 18.9 Å². The second-order valence-corrected chi connectivity index (χ2v) is 10.1. The Morgan fingerprint density at radius 3 is 2.40 bits per heavy atom. The van der Waals surface area contributed by atoms with Crippen molar-refractivity contribution in [3.8, 4) is 6.07 Å². The summed E-state index contributed by atoms with van der Waals surface area (Å²) in [6.45, 7) is 2.97. The van der Waals surface area contributed by atoms with Crippen molar-refractivity contribution in [2.75, 3.05) is 58.4 Å². The topological polar surface area (TPSA) is 76.9 Å². The summed E-state index contributed by atoms with van der Waals surface area (Å²) in [5.41, 5.74) is -1.47. The largest absolute Gasteiger partial charge is 0.417 e. The fraction of sp³-hybridized carbons (Fsp3) is 0.640. The third-order valence-corrected chi connectivity index (χ3v) is 7.82. The number of hydrogen-bond acceptors (Lipinski definition) is 5. The highest BCUT2D eigenvalue weighted by Gasteiger charge is 2.52. The van der Waals surface area contributed by atoms with E-state index in [-0.39, 0.29) is 23.7 Å². The molecule has 0 bridgehead atoms. The predicted octanol–water partition coefficient (Wildman–Crippen LogP) is 3.14. The summed E-state index contributed by atoms with van der Waals surface area (Å²) >= 11 is 0. The second-order valence-electron chi connectivity index (χ2n) is 10.1. The Morgan fingerprint density at radius 1 is 1.17 bits per heavy atom. The molecule has 3 aliphatic rings. The van der Waals surface area contributed by atoms with Crippen LogP contribution in [-0.2, 0) is 20.5 Å². The van der Waals surface area contributed by atoms with Crippen LogP contribution in [0.5, 0.6) is 0 Å². The molecule has 0 saturated carbocycles. The van der Waals surface area contributed by atoms with E-state index in [9.17, 15) is 22.8 Å². The van der Waals surface area contributed by atoms with E-state index in [0.29, 0.717) is 57.9 Å². The number of nitriles is 1. The van der Waals surface area contributed by atoms with Gasteiger partial charge in [-0.2, -0.15) is 18.4 Å². The van der Waals surface area contributed by atoms with Crippen molar-refractivity contribution >= 4 is 17.5 Å². The number of halogens is 3. The molecule has 1 atom stereocenters. The van der Waals surface area contributed by atoms with Crippen LogP contribution in [0.3, 0.4) is 0 Å². The van der Waals surface area contributed by atoms with Crippen molar-refractivity contribution in [1.29, 1.82) is 5.26 Å². The first-order chi connectivity index (χ1) is 16.6. The molecule has 190 valence electrons. The lowest BCUT2D eigenvalue weighted by Gasteiger charge is -2.43. The molecular weight excluding hydrogens is 461 g/mol. The van der Waals surface area contributed by atoms with Gasteiger partial charge < -0.3 is 19.4 Å². The van der Waals surface area contributed by atoms with E-state index >= 15 is 0 Å². The van der Waals surface area contributed by atoms with Crippen LogP contribution in [-0.4, -0.2) is 75.1 Å². The SMILES string of the molecule is CN(C)C(=O)C1CN(c2ccc(C#N)c(C(F)(F)F)c2)CC12CCN(C(=O)C1CCOCC1)CC2. The van der Waals surface area contributed by atoms with Crippen LogP contribution in [0.15, 0.2) is 18.2 Å². The number of alkyl halides is 3. The van der Waals surface area contributed by atoms with Crippen molar-refractivity contribution in [2.45, 2.75) is 31.9 Å². The third-order valence-electron chi connectivity index (χ3n) is 7.82. The number of rotatable bonds is 3. The number of nitrogens with zero attached hydrogens (tertiary/aromatic N) is 4. The first-order valence-corrected chi connectivity index (χ1v) is 12.0. The number of likely N-dealkylation sites (tertiary alicyclic amines) is 1. The molecule has 0 aliphatic carbocycles. The summed E-state index contributed by atoms with van der Waals surface area (Å²) in [5.74, 6) is -0.337. The maximum atomic E-state index is 13.6. The first kappa shape index (κ1) is 25.3. The number of piperidine rings is 1. The van der Waals surface area contributed by atoms with Crippen LogP contribution in [0.1, 0.15) is 36.8 Å². The fourth-order valence-electron chi connectivity index (χ4n) is 5.76. The van der Waals surface area contributed by atoms with E-state index < -0.39 is 22.7 Å². The lowest BCUT2D eigenvalue weighted by molar-refractivity contribution is -0.143. The van der Waals surface area contributed by atoms with Crippen molar-refractivity contribution in [3.05, 3.63) is 29.3 Å². The standard InChI is InChI=1S/C25H31F3N4O3/c1-30(2)23(34)21-15-32(19-4-3-18(14-29)20(13-19)25(26,27)28)16-24(21)7-9-31(10-8-24)22(33)17-5-11-35-12-6-17/h3-4,13,17,21H,5-12,15-16H2,1-2H3. The number of carbonyl (C=O) groups is 2. The highest BCUT2D eigenvalue weighted by Crippen LogP contribution is 2.47. The van der Waals surface area contributed by atoms with Crippen LogP contribution in [0.25, 0.3) is 0 Å². The lowest BCUT2D eigenvalue weighted by Crippen LogP contribution is -2.51. The Labute approximate surface area is 203 Å². The average molecular weight is 493 g/mol. The van der Waals surface area contributed by atoms with E-state index in [1.54, 1.807) is 20.2 Å². The van der Waals surface area contributed by atoms with Gasteiger partial charge >= 0.3 is 6.18 Å². The van der Waals surface area contributed by atoms with E-state index in [1.807, 2.05) is 9.80 Å². The zero-order chi connectivity index (χ0) is 25.4. The molecule has 3 aliphatic heterocycles. The predicted molar refractivity (Wildman–Crippen MR) is 122 cm³/mol. The Kier molecular flexibility index (Phi) is 7.00. The minimum Gasteiger partial charge on any atom is -0.381 e. The molecule has 10 heteroatoms. The number of benzene rings is 1. The molecule has 1 unspecified atom stereocenters. The van der Waals surface area contributed by atoms with Crippen molar-refractivity contribution in [2.24, 2.45) is 17.3 Å². The van der Waals surface area contributed by atoms with Crippen LogP contribution < -0.4 is 4.90 Å². The van der Waals surface area contributed by atoms with Gasteiger partial charge in [0.05, 0.1) is 23.1 Å². The highest BCUT2D eigenvalue weighted by atomic mass is 19.4. The fourth-order valence-corrected chi connectivity index (χ4v) is 5.76. The van der Waals surface area contributed by atoms with E-state index in [2.05, 4.69) is 0 Å². The summed E-state index contributed by atoms with van der Waals surface area (Å²) in [7, 11) is 3.37. The Morgan fingerprint density at radius 2 is 1.83 bits per heavy atom. The van der Waals surface area contributed by atoms with Crippen molar-refractivity contribution < 1.29 is 27.5 Å². The Hall–Kier alpha value is -2.80. The summed E-state index contributed by atoms with van der Waals surface area (Å²) in [6, 6.07) is 5.35. The molecule has 4 rings (SSSR count). The molecule has 3 heterocycles. The van der Waals surface area contributed by atoms with Crippen LogP contribution >= 0.6 is 0 Å². The number of amides is 2. The lowest BCUT2D eigenvalue weighted by atomic mass is 9.70. The number of carbonyl (C=O) groups excluding carboxylic acids is 2. The minimum atomic E-state index is -4.65. The van der Waals surface area contributed by atoms with Gasteiger partial charge in [0, 0.05) is 70.5 Å². The molecule has 0 aromatic heterocycles. The number of hydrogen-bond donors (Lipinski definition) is 0. The third kappa shape index (κ3) is 4.96. The van der Waals surface area contributed by atoms with Crippen LogP contribution in [0.2, 0.25) is 0 Å². The maximum Gasteiger partial charge on any atom is 0.417 e. The van der Waals surface area contributed by atoms with Gasteiger partial charge in [0.25, 0.3) is 0 Å². The quantitative estimate of drug-likeness (QED) is 0.648. The van der Waals surface area contributed by atoms with Gasteiger partial charge in [0.2, 0.25) is 11.8 Å². The van der Waals surface area contributed by atoms with Gasteiger partial charge in [-0.3, -0.25) is 9.59 Å². The van der Waals surface area contributed by atoms with Gasteiger partial charge in [-0.15, -0.1) is 0 Å². The van der Waals surface area contributed by atoms with Crippen LogP contribution in [0, 0.1) is 28.6 Å². The zero-order valence-electron chi connectivity index (χ0n) is 20.1. The molecule has 1 aromatic rings. The molecular formula is C25H31F3N4O3. The van der Waals surface area contributed by atoms with Gasteiger partial charge in [-0.1, -0.05) is 0 Å². The second kappa shape index (κ2) is 9.69. The zero-order valence-corrected chi connectivity index (χ0v) is 20.1. The van der Waals surface area contributed by atoms with Gasteiger partial charge in [0.15, 0.2) is 0 Å². The van der Waals surface area contributed by atoms with Crippen molar-refractivity contribution in [3.63, 3.8) is 0 Å². The highest BCUT2D eigenvalue weighted by molar-refractivity contribution is 5.82. The molecule has 3 saturated heterocycles. The Bertz CT molecular complexity index is 1010. The van der Waals surface area contributed by atoms with Gasteiger partial charge in [0.1, 0.15) is 0 Å². The summed E-state index contributed by atoms with van der Waals surface area (Å²) < 4.78 is 46.0. The monoisotopic (exact) mass is 492 g/mol. The molecule has 0 N–H and O–H groups in total. The smallest absolute Gasteiger partial charge is 0.381 e. The molecule has 1 spiro atoms. The molecule has 2 amide bonds. The average Bonchev–Trinajstić information content (AvgIpc) is 3.21. The van der Waals surface area contributed by atoms with Crippen molar-refractivity contribution in [1.82, 2.24) is 9.80 Å². The van der Waals surface area contributed by atoms with E-state index in [1.165, 1.54) is 17.0 Å². The van der Waals surface area contributed by atoms with E-state index in [0.717, 1.165) is 18.9 Å². The number of anilines is 1. The first-order valence-electron chi connectivity index (χ1n) is 12.0. The molecule has 0 radical (unpaired) electrons. The molecule has 3 fully saturated rings. The molecule has 7 nitrogen and oxygen atoms in total. The maximum absolute atomic E-state index is 13.6. The Balaban J connectivity index is 1.56. The summed E-state index contributed by atoms with van der Waals surface area (Å²) in [5, 5.41) is 9.12. The minimum absolute atomic E-state index is 0.0310. The van der Waals surface area contributed by atoms with Gasteiger partial charge in [-0.05, 0) is 43.9 Å². The molecule has 1 aromatic carbocycles. The van der Waals surface area contributed by atoms with Gasteiger partial charge in [-0.25, -0.2) is 0 Å². The summed E-state index contributed by atoms with van der Waals surface area (Å²) in [6.07, 6.45) is -1.98. The number of ether oxygens (including phenoxy) is 1. The van der Waals surface area contributed by atoms with E-state index in [4.69, 9.17) is 10.00 Å². The molecule has 35 heavy (non-hydrogen) atoms.